The van der Waals surface area contributed by atoms with Crippen LogP contribution in [-0.4, -0.2) is 42.1 Å². The molecule has 0 aliphatic carbocycles. The highest BCUT2D eigenvalue weighted by Crippen LogP contribution is 2.36. The van der Waals surface area contributed by atoms with Gasteiger partial charge in [-0.25, -0.2) is 0 Å². The molecule has 2 aliphatic rings. The third-order valence-corrected chi connectivity index (χ3v) is 6.53. The SMILES string of the molecule is C[C@H]1Sc2ccc(C(=O)N(C)Cc3ccccc3N3CCCC3)cc2NC1=O. The van der Waals surface area contributed by atoms with Crippen molar-refractivity contribution in [2.45, 2.75) is 36.5 Å². The second kappa shape index (κ2) is 7.87. The van der Waals surface area contributed by atoms with Crippen molar-refractivity contribution in [3.63, 3.8) is 0 Å². The molecule has 2 aliphatic heterocycles. The molecule has 4 rings (SSSR count). The van der Waals surface area contributed by atoms with E-state index in [1.54, 1.807) is 11.0 Å². The summed E-state index contributed by atoms with van der Waals surface area (Å²) in [4.78, 5) is 30.1. The molecule has 0 radical (unpaired) electrons. The fourth-order valence-corrected chi connectivity index (χ4v) is 4.73. The predicted octanol–water partition coefficient (Wildman–Crippen LogP) is 3.99. The monoisotopic (exact) mass is 395 g/mol. The molecule has 0 aromatic heterocycles. The highest BCUT2D eigenvalue weighted by molar-refractivity contribution is 8.00. The molecule has 0 spiro atoms. The standard InChI is InChI=1S/C22H25N3O2S/c1-15-21(26)23-18-13-16(9-10-20(18)28-15)22(27)24(2)14-17-7-3-4-8-19(17)25-11-5-6-12-25/h3-4,7-10,13,15H,5-6,11-12,14H2,1-2H3,(H,23,26)/t15-/m1/s1. The smallest absolute Gasteiger partial charge is 0.253 e. The molecule has 5 nitrogen and oxygen atoms in total. The molecule has 2 amide bonds. The van der Waals surface area contributed by atoms with E-state index in [0.717, 1.165) is 29.2 Å². The molecule has 1 saturated heterocycles. The molecule has 2 aromatic rings. The van der Waals surface area contributed by atoms with Gasteiger partial charge in [0.25, 0.3) is 5.91 Å². The van der Waals surface area contributed by atoms with Crippen molar-refractivity contribution in [1.82, 2.24) is 4.90 Å². The lowest BCUT2D eigenvalue weighted by Gasteiger charge is -2.25. The van der Waals surface area contributed by atoms with Crippen LogP contribution in [-0.2, 0) is 11.3 Å². The van der Waals surface area contributed by atoms with Crippen molar-refractivity contribution < 1.29 is 9.59 Å². The van der Waals surface area contributed by atoms with E-state index in [2.05, 4.69) is 28.4 Å². The Labute approximate surface area is 170 Å². The first-order valence-corrected chi connectivity index (χ1v) is 10.6. The Balaban J connectivity index is 1.52. The van der Waals surface area contributed by atoms with Gasteiger partial charge in [0.1, 0.15) is 0 Å². The Morgan fingerprint density at radius 1 is 1.21 bits per heavy atom. The van der Waals surface area contributed by atoms with E-state index >= 15 is 0 Å². The number of rotatable bonds is 4. The Kier molecular flexibility index (Phi) is 5.31. The second-order valence-corrected chi connectivity index (χ2v) is 8.83. The fourth-order valence-electron chi connectivity index (χ4n) is 3.80. The summed E-state index contributed by atoms with van der Waals surface area (Å²) >= 11 is 1.52. The fraction of sp³-hybridized carbons (Fsp3) is 0.364. The van der Waals surface area contributed by atoms with E-state index in [1.165, 1.54) is 30.3 Å². The summed E-state index contributed by atoms with van der Waals surface area (Å²) in [6.07, 6.45) is 2.45. The zero-order chi connectivity index (χ0) is 19.7. The van der Waals surface area contributed by atoms with E-state index in [-0.39, 0.29) is 17.1 Å². The summed E-state index contributed by atoms with van der Waals surface area (Å²) in [6.45, 7) is 4.60. The van der Waals surface area contributed by atoms with Crippen LogP contribution in [0.5, 0.6) is 0 Å². The minimum Gasteiger partial charge on any atom is -0.371 e. The average Bonchev–Trinajstić information content (AvgIpc) is 3.23. The zero-order valence-corrected chi connectivity index (χ0v) is 17.1. The number of thioether (sulfide) groups is 1. The number of hydrogen-bond donors (Lipinski definition) is 1. The molecule has 0 saturated carbocycles. The van der Waals surface area contributed by atoms with E-state index in [1.807, 2.05) is 32.2 Å². The van der Waals surface area contributed by atoms with Crippen LogP contribution >= 0.6 is 11.8 Å². The molecule has 0 bridgehead atoms. The molecule has 0 unspecified atom stereocenters. The summed E-state index contributed by atoms with van der Waals surface area (Å²) in [6, 6.07) is 13.9. The van der Waals surface area contributed by atoms with E-state index in [0.29, 0.717) is 12.1 Å². The van der Waals surface area contributed by atoms with Crippen molar-refractivity contribution in [1.29, 1.82) is 0 Å². The number of benzene rings is 2. The van der Waals surface area contributed by atoms with E-state index in [9.17, 15) is 9.59 Å². The summed E-state index contributed by atoms with van der Waals surface area (Å²) in [5, 5.41) is 2.79. The van der Waals surface area contributed by atoms with Gasteiger partial charge in [-0.1, -0.05) is 18.2 Å². The van der Waals surface area contributed by atoms with Crippen LogP contribution < -0.4 is 10.2 Å². The van der Waals surface area contributed by atoms with Crippen LogP contribution in [0.2, 0.25) is 0 Å². The third-order valence-electron chi connectivity index (χ3n) is 5.35. The average molecular weight is 396 g/mol. The van der Waals surface area contributed by atoms with Crippen molar-refractivity contribution >= 4 is 35.0 Å². The number of amides is 2. The Bertz CT molecular complexity index is 908. The molecule has 1 fully saturated rings. The number of fused-ring (bicyclic) bond motifs is 1. The van der Waals surface area contributed by atoms with Gasteiger partial charge in [0, 0.05) is 42.8 Å². The first-order chi connectivity index (χ1) is 13.5. The number of carbonyl (C=O) groups excluding carboxylic acids is 2. The van der Waals surface area contributed by atoms with Crippen molar-refractivity contribution in [2.75, 3.05) is 30.4 Å². The van der Waals surface area contributed by atoms with Gasteiger partial charge in [-0.05, 0) is 49.6 Å². The maximum absolute atomic E-state index is 13.0. The lowest BCUT2D eigenvalue weighted by atomic mass is 10.1. The van der Waals surface area contributed by atoms with Gasteiger partial charge in [-0.15, -0.1) is 11.8 Å². The highest BCUT2D eigenvalue weighted by atomic mass is 32.2. The lowest BCUT2D eigenvalue weighted by molar-refractivity contribution is -0.115. The molecule has 1 atom stereocenters. The summed E-state index contributed by atoms with van der Waals surface area (Å²) in [5.41, 5.74) is 3.71. The van der Waals surface area contributed by atoms with Crippen LogP contribution in [0.4, 0.5) is 11.4 Å². The number of nitrogens with zero attached hydrogens (tertiary/aromatic N) is 2. The number of carbonyl (C=O) groups is 2. The first-order valence-electron chi connectivity index (χ1n) is 9.73. The van der Waals surface area contributed by atoms with Gasteiger partial charge in [0.2, 0.25) is 5.91 Å². The topological polar surface area (TPSA) is 52.7 Å². The van der Waals surface area contributed by atoms with Crippen molar-refractivity contribution in [3.05, 3.63) is 53.6 Å². The van der Waals surface area contributed by atoms with Crippen LogP contribution in [0.25, 0.3) is 0 Å². The number of anilines is 2. The van der Waals surface area contributed by atoms with Gasteiger partial charge in [0.05, 0.1) is 10.9 Å². The normalized spacial score (nSPS) is 18.6. The zero-order valence-electron chi connectivity index (χ0n) is 16.3. The van der Waals surface area contributed by atoms with Gasteiger partial charge in [-0.2, -0.15) is 0 Å². The molecule has 28 heavy (non-hydrogen) atoms. The van der Waals surface area contributed by atoms with Crippen LogP contribution in [0.1, 0.15) is 35.7 Å². The molecule has 2 heterocycles. The Morgan fingerprint density at radius 3 is 2.75 bits per heavy atom. The predicted molar refractivity (Wildman–Crippen MR) is 114 cm³/mol. The first kappa shape index (κ1) is 18.9. The summed E-state index contributed by atoms with van der Waals surface area (Å²) < 4.78 is 0. The molecule has 146 valence electrons. The minimum atomic E-state index is -0.112. The van der Waals surface area contributed by atoms with Crippen molar-refractivity contribution in [2.24, 2.45) is 0 Å². The molecule has 2 aromatic carbocycles. The minimum absolute atomic E-state index is 0.0185. The molecule has 6 heteroatoms. The van der Waals surface area contributed by atoms with E-state index in [4.69, 9.17) is 0 Å². The summed E-state index contributed by atoms with van der Waals surface area (Å²) in [7, 11) is 1.83. The number of nitrogens with one attached hydrogen (secondary N) is 1. The highest BCUT2D eigenvalue weighted by Gasteiger charge is 2.24. The largest absolute Gasteiger partial charge is 0.371 e. The van der Waals surface area contributed by atoms with Gasteiger partial charge in [-0.3, -0.25) is 9.59 Å². The Morgan fingerprint density at radius 2 is 1.96 bits per heavy atom. The maximum atomic E-state index is 13.0. The number of hydrogen-bond acceptors (Lipinski definition) is 4. The van der Waals surface area contributed by atoms with E-state index < -0.39 is 0 Å². The summed E-state index contributed by atoms with van der Waals surface area (Å²) in [5.74, 6) is -0.0631. The van der Waals surface area contributed by atoms with Crippen LogP contribution in [0.3, 0.4) is 0 Å². The molecule has 1 N–H and O–H groups in total. The second-order valence-electron chi connectivity index (χ2n) is 7.44. The van der Waals surface area contributed by atoms with Crippen LogP contribution in [0.15, 0.2) is 47.4 Å². The van der Waals surface area contributed by atoms with Gasteiger partial charge >= 0.3 is 0 Å². The van der Waals surface area contributed by atoms with Gasteiger partial charge < -0.3 is 15.1 Å². The number of para-hydroxylation sites is 1. The Hall–Kier alpha value is -2.47. The molecular weight excluding hydrogens is 370 g/mol. The quantitative estimate of drug-likeness (QED) is 0.850. The van der Waals surface area contributed by atoms with Crippen LogP contribution in [0, 0.1) is 0 Å². The van der Waals surface area contributed by atoms with Crippen molar-refractivity contribution in [3.8, 4) is 0 Å². The van der Waals surface area contributed by atoms with Gasteiger partial charge in [0.15, 0.2) is 0 Å². The molecular formula is C22H25N3O2S. The maximum Gasteiger partial charge on any atom is 0.253 e. The lowest BCUT2D eigenvalue weighted by Crippen LogP contribution is -2.29. The third kappa shape index (κ3) is 3.74.